The fraction of sp³-hybridized carbons (Fsp3) is 0.875. The maximum Gasteiger partial charge on any atom is 0.248 e. The molecule has 2 saturated heterocycles. The van der Waals surface area contributed by atoms with Crippen molar-refractivity contribution in [1.82, 2.24) is 15.1 Å². The first-order valence-electron chi connectivity index (χ1n) is 8.37. The fourth-order valence-corrected chi connectivity index (χ4v) is 3.59. The summed E-state index contributed by atoms with van der Waals surface area (Å²) in [5, 5.41) is 2.98. The first-order chi connectivity index (χ1) is 10.0. The highest BCUT2D eigenvalue weighted by molar-refractivity contribution is 5.93. The Balaban J connectivity index is 2.07. The van der Waals surface area contributed by atoms with Gasteiger partial charge in [-0.15, -0.1) is 0 Å². The molecule has 2 rings (SSSR count). The van der Waals surface area contributed by atoms with Crippen LogP contribution in [-0.4, -0.2) is 59.9 Å². The average Bonchev–Trinajstić information content (AvgIpc) is 2.91. The van der Waals surface area contributed by atoms with Gasteiger partial charge in [0.25, 0.3) is 0 Å². The zero-order valence-electron chi connectivity index (χ0n) is 13.7. The number of nitrogens with one attached hydrogen (secondary N) is 1. The minimum absolute atomic E-state index is 0.0103. The standard InChI is InChI=1S/C16H29N3O2/c1-4-16(5-2)15(21)19(10-8-14(20)17-16)12-13-7-9-18(6-3)11-13/h13H,4-12H2,1-3H3,(H,17,20). The van der Waals surface area contributed by atoms with E-state index in [9.17, 15) is 9.59 Å². The van der Waals surface area contributed by atoms with E-state index >= 15 is 0 Å². The summed E-state index contributed by atoms with van der Waals surface area (Å²) in [6, 6.07) is 0. The zero-order valence-corrected chi connectivity index (χ0v) is 13.7. The molecule has 120 valence electrons. The van der Waals surface area contributed by atoms with Crippen molar-refractivity contribution >= 4 is 11.8 Å². The maximum absolute atomic E-state index is 12.9. The van der Waals surface area contributed by atoms with Gasteiger partial charge in [-0.3, -0.25) is 9.59 Å². The molecule has 0 aliphatic carbocycles. The van der Waals surface area contributed by atoms with E-state index in [2.05, 4.69) is 17.1 Å². The van der Waals surface area contributed by atoms with Gasteiger partial charge in [0.05, 0.1) is 0 Å². The lowest BCUT2D eigenvalue weighted by Gasteiger charge is -2.34. The highest BCUT2D eigenvalue weighted by atomic mass is 16.2. The van der Waals surface area contributed by atoms with Crippen molar-refractivity contribution < 1.29 is 9.59 Å². The number of amides is 2. The Bertz CT molecular complexity index is 393. The van der Waals surface area contributed by atoms with Crippen LogP contribution in [0.3, 0.4) is 0 Å². The van der Waals surface area contributed by atoms with E-state index in [1.807, 2.05) is 18.7 Å². The predicted octanol–water partition coefficient (Wildman–Crippen LogP) is 1.24. The van der Waals surface area contributed by atoms with Crippen LogP contribution in [0.25, 0.3) is 0 Å². The summed E-state index contributed by atoms with van der Waals surface area (Å²) in [7, 11) is 0. The van der Waals surface area contributed by atoms with Gasteiger partial charge in [-0.05, 0) is 38.3 Å². The molecule has 5 heteroatoms. The van der Waals surface area contributed by atoms with Crippen LogP contribution in [0.2, 0.25) is 0 Å². The largest absolute Gasteiger partial charge is 0.342 e. The van der Waals surface area contributed by atoms with E-state index in [0.29, 0.717) is 31.7 Å². The molecule has 1 unspecified atom stereocenters. The van der Waals surface area contributed by atoms with E-state index in [1.165, 1.54) is 0 Å². The van der Waals surface area contributed by atoms with Crippen molar-refractivity contribution in [2.24, 2.45) is 5.92 Å². The Labute approximate surface area is 128 Å². The van der Waals surface area contributed by atoms with Crippen molar-refractivity contribution in [3.05, 3.63) is 0 Å². The summed E-state index contributed by atoms with van der Waals surface area (Å²) in [6.07, 6.45) is 2.91. The summed E-state index contributed by atoms with van der Waals surface area (Å²) in [5.41, 5.74) is -0.684. The molecule has 2 heterocycles. The summed E-state index contributed by atoms with van der Waals surface area (Å²) in [5.74, 6) is 0.679. The van der Waals surface area contributed by atoms with Gasteiger partial charge >= 0.3 is 0 Å². The van der Waals surface area contributed by atoms with Gasteiger partial charge in [-0.2, -0.15) is 0 Å². The number of carbonyl (C=O) groups is 2. The number of hydrogen-bond donors (Lipinski definition) is 1. The number of likely N-dealkylation sites (tertiary alicyclic amines) is 1. The van der Waals surface area contributed by atoms with Gasteiger partial charge in [0.15, 0.2) is 0 Å². The first kappa shape index (κ1) is 16.3. The number of carbonyl (C=O) groups excluding carboxylic acids is 2. The molecule has 0 aromatic heterocycles. The molecule has 0 spiro atoms. The van der Waals surface area contributed by atoms with E-state index in [1.54, 1.807) is 0 Å². The van der Waals surface area contributed by atoms with Crippen molar-refractivity contribution in [2.75, 3.05) is 32.7 Å². The van der Waals surface area contributed by atoms with Gasteiger partial charge < -0.3 is 15.1 Å². The fourth-order valence-electron chi connectivity index (χ4n) is 3.59. The molecular weight excluding hydrogens is 266 g/mol. The summed E-state index contributed by atoms with van der Waals surface area (Å²) in [4.78, 5) is 29.2. The van der Waals surface area contributed by atoms with Crippen molar-refractivity contribution in [3.8, 4) is 0 Å². The Hall–Kier alpha value is -1.10. The van der Waals surface area contributed by atoms with Crippen LogP contribution in [0, 0.1) is 5.92 Å². The first-order valence-corrected chi connectivity index (χ1v) is 8.37. The minimum atomic E-state index is -0.684. The minimum Gasteiger partial charge on any atom is -0.342 e. The van der Waals surface area contributed by atoms with Crippen LogP contribution in [0.1, 0.15) is 46.5 Å². The molecule has 1 N–H and O–H groups in total. The lowest BCUT2D eigenvalue weighted by Crippen LogP contribution is -2.57. The lowest BCUT2D eigenvalue weighted by atomic mass is 9.91. The zero-order chi connectivity index (χ0) is 15.5. The molecule has 2 aliphatic rings. The Morgan fingerprint density at radius 3 is 2.48 bits per heavy atom. The molecule has 0 saturated carbocycles. The SMILES string of the molecule is CCN1CCC(CN2CCC(=O)NC(CC)(CC)C2=O)C1. The quantitative estimate of drug-likeness (QED) is 0.830. The molecule has 2 amide bonds. The van der Waals surface area contributed by atoms with Crippen LogP contribution in [0.4, 0.5) is 0 Å². The molecule has 2 aliphatic heterocycles. The molecule has 0 radical (unpaired) electrons. The van der Waals surface area contributed by atoms with Crippen LogP contribution >= 0.6 is 0 Å². The highest BCUT2D eigenvalue weighted by Gasteiger charge is 2.42. The monoisotopic (exact) mass is 295 g/mol. The predicted molar refractivity (Wildman–Crippen MR) is 82.9 cm³/mol. The third-order valence-electron chi connectivity index (χ3n) is 5.19. The normalized spacial score (nSPS) is 26.8. The summed E-state index contributed by atoms with van der Waals surface area (Å²) in [6.45, 7) is 10.8. The van der Waals surface area contributed by atoms with E-state index in [0.717, 1.165) is 32.6 Å². The number of nitrogens with zero attached hydrogens (tertiary/aromatic N) is 2. The highest BCUT2D eigenvalue weighted by Crippen LogP contribution is 2.24. The maximum atomic E-state index is 12.9. The Morgan fingerprint density at radius 1 is 1.19 bits per heavy atom. The molecule has 1 atom stereocenters. The lowest BCUT2D eigenvalue weighted by molar-refractivity contribution is -0.139. The molecule has 2 fully saturated rings. The number of rotatable bonds is 5. The number of hydrogen-bond acceptors (Lipinski definition) is 3. The Morgan fingerprint density at radius 2 is 1.90 bits per heavy atom. The second-order valence-electron chi connectivity index (χ2n) is 6.39. The van der Waals surface area contributed by atoms with Crippen LogP contribution in [-0.2, 0) is 9.59 Å². The second kappa shape index (κ2) is 6.77. The van der Waals surface area contributed by atoms with Crippen LogP contribution in [0.15, 0.2) is 0 Å². The van der Waals surface area contributed by atoms with Crippen molar-refractivity contribution in [2.45, 2.75) is 52.0 Å². The topological polar surface area (TPSA) is 52.6 Å². The van der Waals surface area contributed by atoms with Crippen LogP contribution < -0.4 is 5.32 Å². The summed E-state index contributed by atoms with van der Waals surface area (Å²) < 4.78 is 0. The van der Waals surface area contributed by atoms with Gasteiger partial charge in [0.1, 0.15) is 5.54 Å². The summed E-state index contributed by atoms with van der Waals surface area (Å²) >= 11 is 0. The Kier molecular flexibility index (Phi) is 5.25. The van der Waals surface area contributed by atoms with E-state index in [4.69, 9.17) is 0 Å². The smallest absolute Gasteiger partial charge is 0.248 e. The van der Waals surface area contributed by atoms with E-state index < -0.39 is 5.54 Å². The van der Waals surface area contributed by atoms with E-state index in [-0.39, 0.29) is 11.8 Å². The van der Waals surface area contributed by atoms with Crippen molar-refractivity contribution in [1.29, 1.82) is 0 Å². The van der Waals surface area contributed by atoms with Gasteiger partial charge in [-0.1, -0.05) is 20.8 Å². The van der Waals surface area contributed by atoms with Crippen molar-refractivity contribution in [3.63, 3.8) is 0 Å². The van der Waals surface area contributed by atoms with Gasteiger partial charge in [0, 0.05) is 26.1 Å². The molecule has 0 aromatic carbocycles. The molecule has 5 nitrogen and oxygen atoms in total. The third-order valence-corrected chi connectivity index (χ3v) is 5.19. The average molecular weight is 295 g/mol. The second-order valence-corrected chi connectivity index (χ2v) is 6.39. The molecule has 0 aromatic rings. The van der Waals surface area contributed by atoms with Crippen LogP contribution in [0.5, 0.6) is 0 Å². The van der Waals surface area contributed by atoms with Gasteiger partial charge in [0.2, 0.25) is 11.8 Å². The molecular formula is C16H29N3O2. The molecule has 0 bridgehead atoms. The van der Waals surface area contributed by atoms with Gasteiger partial charge in [-0.25, -0.2) is 0 Å². The molecule has 21 heavy (non-hydrogen) atoms. The third kappa shape index (κ3) is 3.39.